The largest absolute Gasteiger partial charge is 0.324 e. The van der Waals surface area contributed by atoms with Gasteiger partial charge in [-0.15, -0.1) is 11.3 Å². The van der Waals surface area contributed by atoms with Crippen LogP contribution < -0.4 is 5.32 Å². The highest BCUT2D eigenvalue weighted by atomic mass is 32.1. The van der Waals surface area contributed by atoms with Crippen LogP contribution in [0.3, 0.4) is 0 Å². The molecule has 0 aliphatic carbocycles. The molecule has 3 aliphatic heterocycles. The van der Waals surface area contributed by atoms with Crippen molar-refractivity contribution in [3.8, 4) is 0 Å². The third-order valence-electron chi connectivity index (χ3n) is 7.14. The van der Waals surface area contributed by atoms with Gasteiger partial charge in [0.1, 0.15) is 5.54 Å². The summed E-state index contributed by atoms with van der Waals surface area (Å²) in [6, 6.07) is 22.2. The summed E-state index contributed by atoms with van der Waals surface area (Å²) in [4.78, 5) is 30.9. The maximum atomic E-state index is 14.0. The van der Waals surface area contributed by atoms with Crippen molar-refractivity contribution >= 4 is 28.7 Å². The predicted octanol–water partition coefficient (Wildman–Crippen LogP) is 4.66. The molecule has 0 radical (unpaired) electrons. The van der Waals surface area contributed by atoms with Crippen LogP contribution >= 0.6 is 11.3 Å². The Labute approximate surface area is 179 Å². The highest BCUT2D eigenvalue weighted by Gasteiger charge is 2.69. The Morgan fingerprint density at radius 1 is 1.03 bits per heavy atom. The van der Waals surface area contributed by atoms with Crippen molar-refractivity contribution in [3.05, 3.63) is 88.1 Å². The first-order valence-electron chi connectivity index (χ1n) is 10.5. The number of anilines is 1. The Balaban J connectivity index is 1.63. The van der Waals surface area contributed by atoms with Crippen LogP contribution in [0.15, 0.2) is 72.1 Å². The SMILES string of the molecule is O=C(c1cccs1)[C@H]1[C@H](c2ccccc2)C2CCCN2[C@]12C(=O)Nc1ccccc12. The molecule has 1 N–H and O–H groups in total. The summed E-state index contributed by atoms with van der Waals surface area (Å²) in [6.07, 6.45) is 2.05. The zero-order valence-corrected chi connectivity index (χ0v) is 17.3. The van der Waals surface area contributed by atoms with Crippen LogP contribution in [0.2, 0.25) is 0 Å². The zero-order valence-electron chi connectivity index (χ0n) is 16.5. The van der Waals surface area contributed by atoms with E-state index in [1.165, 1.54) is 11.3 Å². The van der Waals surface area contributed by atoms with Crippen molar-refractivity contribution in [3.63, 3.8) is 0 Å². The molecule has 4 atom stereocenters. The minimum absolute atomic E-state index is 0.0137. The highest BCUT2D eigenvalue weighted by Crippen LogP contribution is 2.61. The molecular formula is C25H22N2O2S. The van der Waals surface area contributed by atoms with Crippen LogP contribution in [0.1, 0.15) is 39.6 Å². The molecule has 1 amide bonds. The Kier molecular flexibility index (Phi) is 3.98. The summed E-state index contributed by atoms with van der Waals surface area (Å²) >= 11 is 1.47. The summed E-state index contributed by atoms with van der Waals surface area (Å²) in [5.74, 6) is -0.434. The van der Waals surface area contributed by atoms with Crippen molar-refractivity contribution in [2.75, 3.05) is 11.9 Å². The number of carbonyl (C=O) groups excluding carboxylic acids is 2. The number of nitrogens with zero attached hydrogens (tertiary/aromatic N) is 1. The van der Waals surface area contributed by atoms with Crippen molar-refractivity contribution in [1.29, 1.82) is 0 Å². The molecule has 4 nitrogen and oxygen atoms in total. The quantitative estimate of drug-likeness (QED) is 0.635. The molecule has 2 saturated heterocycles. The molecule has 6 rings (SSSR count). The Hall–Kier alpha value is -2.76. The molecule has 2 aromatic carbocycles. The standard InChI is InChI=1S/C25H22N2O2S/c28-23(20-13-7-15-30-20)22-21(16-8-2-1-3-9-16)19-12-6-14-27(19)25(22)17-10-4-5-11-18(17)26-24(25)29/h1-5,7-11,13,15,19,21-22H,6,12,14H2,(H,26,29)/t19?,21-,22-,25+/m1/s1. The van der Waals surface area contributed by atoms with E-state index < -0.39 is 11.5 Å². The van der Waals surface area contributed by atoms with Gasteiger partial charge in [0.2, 0.25) is 5.91 Å². The summed E-state index contributed by atoms with van der Waals surface area (Å²) in [5, 5.41) is 5.06. The third-order valence-corrected chi connectivity index (χ3v) is 8.02. The summed E-state index contributed by atoms with van der Waals surface area (Å²) in [6.45, 7) is 0.837. The van der Waals surface area contributed by atoms with E-state index in [2.05, 4.69) is 22.3 Å². The lowest BCUT2D eigenvalue weighted by molar-refractivity contribution is -0.127. The van der Waals surface area contributed by atoms with Gasteiger partial charge in [0.05, 0.1) is 10.8 Å². The topological polar surface area (TPSA) is 49.4 Å². The lowest BCUT2D eigenvalue weighted by atomic mass is 9.69. The molecule has 30 heavy (non-hydrogen) atoms. The summed E-state index contributed by atoms with van der Waals surface area (Å²) < 4.78 is 0. The Morgan fingerprint density at radius 3 is 2.63 bits per heavy atom. The Morgan fingerprint density at radius 2 is 1.83 bits per heavy atom. The second kappa shape index (κ2) is 6.62. The van der Waals surface area contributed by atoms with Crippen LogP contribution in [-0.2, 0) is 10.3 Å². The predicted molar refractivity (Wildman–Crippen MR) is 118 cm³/mol. The molecule has 4 heterocycles. The van der Waals surface area contributed by atoms with E-state index in [-0.39, 0.29) is 23.7 Å². The van der Waals surface area contributed by atoms with Gasteiger partial charge in [-0.05, 0) is 42.5 Å². The van der Waals surface area contributed by atoms with Gasteiger partial charge in [0.25, 0.3) is 0 Å². The number of benzene rings is 2. The van der Waals surface area contributed by atoms with Crippen molar-refractivity contribution in [2.24, 2.45) is 5.92 Å². The minimum Gasteiger partial charge on any atom is -0.324 e. The van der Waals surface area contributed by atoms with Gasteiger partial charge >= 0.3 is 0 Å². The molecule has 1 aromatic heterocycles. The van der Waals surface area contributed by atoms with E-state index in [1.807, 2.05) is 60.0 Å². The average Bonchev–Trinajstić information content (AvgIpc) is 3.54. The number of ketones is 1. The smallest absolute Gasteiger partial charge is 0.250 e. The van der Waals surface area contributed by atoms with E-state index >= 15 is 0 Å². The van der Waals surface area contributed by atoms with E-state index in [0.717, 1.165) is 41.1 Å². The maximum Gasteiger partial charge on any atom is 0.250 e. The van der Waals surface area contributed by atoms with Crippen LogP contribution in [0.5, 0.6) is 0 Å². The van der Waals surface area contributed by atoms with Gasteiger partial charge in [0.15, 0.2) is 5.78 Å². The van der Waals surface area contributed by atoms with Gasteiger partial charge in [-0.2, -0.15) is 0 Å². The normalized spacial score (nSPS) is 29.7. The molecule has 3 aromatic rings. The van der Waals surface area contributed by atoms with Gasteiger partial charge < -0.3 is 5.32 Å². The third kappa shape index (κ3) is 2.25. The van der Waals surface area contributed by atoms with Crippen molar-refractivity contribution in [1.82, 2.24) is 4.90 Å². The molecular weight excluding hydrogens is 392 g/mol. The number of carbonyl (C=O) groups is 2. The van der Waals surface area contributed by atoms with Crippen LogP contribution in [-0.4, -0.2) is 29.2 Å². The molecule has 3 aliphatic rings. The molecule has 1 unspecified atom stereocenters. The monoisotopic (exact) mass is 414 g/mol. The second-order valence-electron chi connectivity index (χ2n) is 8.42. The molecule has 1 spiro atoms. The fourth-order valence-corrected chi connectivity index (χ4v) is 6.84. The summed E-state index contributed by atoms with van der Waals surface area (Å²) in [7, 11) is 0. The van der Waals surface area contributed by atoms with E-state index in [1.54, 1.807) is 0 Å². The summed E-state index contributed by atoms with van der Waals surface area (Å²) in [5.41, 5.74) is 2.00. The fourth-order valence-electron chi connectivity index (χ4n) is 6.14. The second-order valence-corrected chi connectivity index (χ2v) is 9.37. The molecule has 5 heteroatoms. The number of amides is 1. The molecule has 2 fully saturated rings. The van der Waals surface area contributed by atoms with Crippen LogP contribution in [0.4, 0.5) is 5.69 Å². The number of thiophene rings is 1. The zero-order chi connectivity index (χ0) is 20.3. The van der Waals surface area contributed by atoms with E-state index in [9.17, 15) is 9.59 Å². The van der Waals surface area contributed by atoms with E-state index in [0.29, 0.717) is 0 Å². The van der Waals surface area contributed by atoms with Gasteiger partial charge in [-0.3, -0.25) is 14.5 Å². The molecule has 0 saturated carbocycles. The molecule has 150 valence electrons. The number of fused-ring (bicyclic) bond motifs is 4. The highest BCUT2D eigenvalue weighted by molar-refractivity contribution is 7.12. The first-order valence-corrected chi connectivity index (χ1v) is 11.4. The first-order chi connectivity index (χ1) is 14.7. The number of rotatable bonds is 3. The van der Waals surface area contributed by atoms with Gasteiger partial charge in [-0.1, -0.05) is 54.6 Å². The number of para-hydroxylation sites is 1. The van der Waals surface area contributed by atoms with E-state index in [4.69, 9.17) is 0 Å². The molecule has 0 bridgehead atoms. The van der Waals surface area contributed by atoms with Crippen molar-refractivity contribution in [2.45, 2.75) is 30.3 Å². The maximum absolute atomic E-state index is 14.0. The van der Waals surface area contributed by atoms with Crippen LogP contribution in [0, 0.1) is 5.92 Å². The number of hydrogen-bond acceptors (Lipinski definition) is 4. The fraction of sp³-hybridized carbons (Fsp3) is 0.280. The van der Waals surface area contributed by atoms with Gasteiger partial charge in [-0.25, -0.2) is 0 Å². The van der Waals surface area contributed by atoms with Crippen LogP contribution in [0.25, 0.3) is 0 Å². The lowest BCUT2D eigenvalue weighted by Crippen LogP contribution is -2.52. The number of nitrogens with one attached hydrogen (secondary N) is 1. The average molecular weight is 415 g/mol. The van der Waals surface area contributed by atoms with Gasteiger partial charge in [0, 0.05) is 23.2 Å². The first kappa shape index (κ1) is 18.0. The number of hydrogen-bond donors (Lipinski definition) is 1. The minimum atomic E-state index is -0.945. The Bertz CT molecular complexity index is 1130. The lowest BCUT2D eigenvalue weighted by Gasteiger charge is -2.36. The van der Waals surface area contributed by atoms with Crippen molar-refractivity contribution < 1.29 is 9.59 Å². The number of Topliss-reactive ketones (excluding diaryl/α,β-unsaturated/α-hetero) is 1.